The van der Waals surface area contributed by atoms with Crippen LogP contribution in [0.5, 0.6) is 0 Å². The summed E-state index contributed by atoms with van der Waals surface area (Å²) >= 11 is 0. The van der Waals surface area contributed by atoms with Crippen molar-refractivity contribution in [2.75, 3.05) is 0 Å². The molecule has 3 heterocycles. The molecule has 12 rings (SSSR count). The quantitative estimate of drug-likeness (QED) is 0.145. The van der Waals surface area contributed by atoms with Crippen LogP contribution >= 0.6 is 0 Å². The van der Waals surface area contributed by atoms with Gasteiger partial charge < -0.3 is 0 Å². The topological polar surface area (TPSA) is 43.1 Å². The first-order chi connectivity index (χ1) is 33.2. The maximum absolute atomic E-state index is 5.54. The number of aromatic nitrogens is 4. The maximum Gasteiger partial charge on any atom is 0.160 e. The van der Waals surface area contributed by atoms with Crippen LogP contribution in [0.1, 0.15) is 0 Å². The molecule has 0 saturated heterocycles. The van der Waals surface area contributed by atoms with Gasteiger partial charge in [-0.25, -0.2) is 14.5 Å². The third-order valence-electron chi connectivity index (χ3n) is 12.7. The van der Waals surface area contributed by atoms with Crippen molar-refractivity contribution in [1.29, 1.82) is 0 Å². The van der Waals surface area contributed by atoms with Crippen molar-refractivity contribution < 1.29 is 0 Å². The van der Waals surface area contributed by atoms with Gasteiger partial charge >= 0.3 is 0 Å². The summed E-state index contributed by atoms with van der Waals surface area (Å²) in [6, 6.07) is 89.8. The first-order valence-corrected chi connectivity index (χ1v) is 22.7. The summed E-state index contributed by atoms with van der Waals surface area (Å²) in [5.41, 5.74) is 19.2. The Hall–Kier alpha value is -8.99. The first kappa shape index (κ1) is 39.6. The van der Waals surface area contributed by atoms with Gasteiger partial charge in [-0.15, -0.1) is 0 Å². The van der Waals surface area contributed by atoms with E-state index in [-0.39, 0.29) is 0 Å². The Morgan fingerprint density at radius 3 is 1.30 bits per heavy atom. The lowest BCUT2D eigenvalue weighted by molar-refractivity contribution is 0.981. The van der Waals surface area contributed by atoms with Gasteiger partial charge in [0.15, 0.2) is 5.82 Å². The number of pyridine rings is 1. The molecule has 0 unspecified atom stereocenters. The van der Waals surface area contributed by atoms with E-state index in [1.54, 1.807) is 0 Å². The number of hydrogen-bond acceptors (Lipinski definition) is 3. The van der Waals surface area contributed by atoms with Crippen molar-refractivity contribution in [3.8, 4) is 101 Å². The highest BCUT2D eigenvalue weighted by Crippen LogP contribution is 2.46. The first-order valence-electron chi connectivity index (χ1n) is 22.7. The van der Waals surface area contributed by atoms with E-state index in [1.807, 2.05) is 24.3 Å². The molecule has 0 amide bonds. The second-order valence-corrected chi connectivity index (χ2v) is 16.8. The molecular weight excluding hydrogens is 813 g/mol. The lowest BCUT2D eigenvalue weighted by atomic mass is 9.90. The molecule has 3 aromatic heterocycles. The normalized spacial score (nSPS) is 11.3. The lowest BCUT2D eigenvalue weighted by Crippen LogP contribution is -2.00. The molecule has 0 aliphatic carbocycles. The smallest absolute Gasteiger partial charge is 0.160 e. The second kappa shape index (κ2) is 17.2. The number of fused-ring (bicyclic) bond motifs is 3. The number of rotatable bonds is 9. The lowest BCUT2D eigenvalue weighted by Gasteiger charge is -2.18. The van der Waals surface area contributed by atoms with E-state index in [4.69, 9.17) is 15.1 Å². The monoisotopic (exact) mass is 854 g/mol. The predicted octanol–water partition coefficient (Wildman–Crippen LogP) is 16.3. The minimum Gasteiger partial charge on any atom is -0.231 e. The summed E-state index contributed by atoms with van der Waals surface area (Å²) in [6.45, 7) is 0. The van der Waals surface area contributed by atoms with Gasteiger partial charge in [-0.3, -0.25) is 0 Å². The molecule has 0 saturated carbocycles. The fraction of sp³-hybridized carbons (Fsp3) is 0. The fourth-order valence-electron chi connectivity index (χ4n) is 9.41. The highest BCUT2D eigenvalue weighted by Gasteiger charge is 2.25. The molecular formula is C63H42N4. The van der Waals surface area contributed by atoms with Gasteiger partial charge in [0, 0.05) is 44.3 Å². The van der Waals surface area contributed by atoms with Gasteiger partial charge in [-0.05, 0) is 50.9 Å². The Morgan fingerprint density at radius 2 is 0.687 bits per heavy atom. The second-order valence-electron chi connectivity index (χ2n) is 16.8. The van der Waals surface area contributed by atoms with Gasteiger partial charge in [0.2, 0.25) is 0 Å². The number of nitrogens with zero attached hydrogens (tertiary/aromatic N) is 4. The Balaban J connectivity index is 0.958. The van der Waals surface area contributed by atoms with Crippen molar-refractivity contribution in [2.45, 2.75) is 0 Å². The molecule has 314 valence electrons. The van der Waals surface area contributed by atoms with Crippen LogP contribution in [0.3, 0.4) is 0 Å². The van der Waals surface area contributed by atoms with E-state index in [0.717, 1.165) is 100 Å². The molecule has 0 aliphatic heterocycles. The Labute approximate surface area is 389 Å². The Bertz CT molecular complexity index is 3680. The van der Waals surface area contributed by atoms with Crippen LogP contribution in [-0.4, -0.2) is 19.6 Å². The predicted molar refractivity (Wildman–Crippen MR) is 277 cm³/mol. The highest BCUT2D eigenvalue weighted by atomic mass is 15.2. The summed E-state index contributed by atoms with van der Waals surface area (Å²) in [4.78, 5) is 10.2. The van der Waals surface area contributed by atoms with E-state index < -0.39 is 0 Å². The SMILES string of the molecule is c1ccc(-c2cccc(-c3cc(-c4ccc(-c5ccc(-c6c(-c7ccccc7)n7nc(-c8ccccc8)c(-c8ccccc8)c7c7ccccc67)cc5)cc4)nc(-c4ccccc4)n3)c2)cc1. The molecule has 0 aliphatic rings. The summed E-state index contributed by atoms with van der Waals surface area (Å²) in [5, 5.41) is 7.86. The molecule has 4 nitrogen and oxygen atoms in total. The van der Waals surface area contributed by atoms with Crippen molar-refractivity contribution >= 4 is 16.3 Å². The largest absolute Gasteiger partial charge is 0.231 e. The minimum absolute atomic E-state index is 0.696. The van der Waals surface area contributed by atoms with Crippen molar-refractivity contribution in [3.63, 3.8) is 0 Å². The minimum atomic E-state index is 0.696. The molecule has 0 N–H and O–H groups in total. The molecule has 0 bridgehead atoms. The van der Waals surface area contributed by atoms with E-state index in [1.165, 1.54) is 10.9 Å². The molecule has 67 heavy (non-hydrogen) atoms. The summed E-state index contributed by atoms with van der Waals surface area (Å²) in [7, 11) is 0. The van der Waals surface area contributed by atoms with E-state index in [9.17, 15) is 0 Å². The average molecular weight is 855 g/mol. The zero-order valence-corrected chi connectivity index (χ0v) is 36.5. The van der Waals surface area contributed by atoms with Gasteiger partial charge in [0.05, 0.1) is 22.6 Å². The summed E-state index contributed by atoms with van der Waals surface area (Å²) < 4.78 is 2.20. The molecule has 0 spiro atoms. The van der Waals surface area contributed by atoms with Crippen LogP contribution in [0.15, 0.2) is 255 Å². The molecule has 0 fully saturated rings. The van der Waals surface area contributed by atoms with E-state index in [2.05, 4.69) is 235 Å². The molecule has 0 radical (unpaired) electrons. The third kappa shape index (κ3) is 7.47. The molecule has 9 aromatic carbocycles. The average Bonchev–Trinajstić information content (AvgIpc) is 3.83. The van der Waals surface area contributed by atoms with Crippen LogP contribution in [0.2, 0.25) is 0 Å². The number of hydrogen-bond donors (Lipinski definition) is 0. The standard InChI is InChI=1S/C63H42N4/c1-6-19-43(20-7-1)52-29-18-30-53(41-52)57-42-56(64-63(65-57)51-27-14-5-15-28-51)46-37-33-44(34-38-46)45-35-39-48(40-36-45)58-54-31-16-17-32-55(54)62-59(47-21-8-2-9-22-47)60(49-23-10-3-11-24-49)66-67(62)61(58)50-25-12-4-13-26-50/h1-42H. The Morgan fingerprint density at radius 1 is 0.269 bits per heavy atom. The molecule has 0 atom stereocenters. The third-order valence-corrected chi connectivity index (χ3v) is 12.7. The van der Waals surface area contributed by atoms with Crippen LogP contribution in [0, 0.1) is 0 Å². The molecule has 4 heteroatoms. The van der Waals surface area contributed by atoms with Gasteiger partial charge in [0.1, 0.15) is 5.69 Å². The van der Waals surface area contributed by atoms with Crippen LogP contribution in [-0.2, 0) is 0 Å². The van der Waals surface area contributed by atoms with E-state index >= 15 is 0 Å². The van der Waals surface area contributed by atoms with Crippen LogP contribution in [0.4, 0.5) is 0 Å². The van der Waals surface area contributed by atoms with Crippen LogP contribution < -0.4 is 0 Å². The molecule has 12 aromatic rings. The van der Waals surface area contributed by atoms with Gasteiger partial charge in [-0.2, -0.15) is 5.10 Å². The zero-order valence-electron chi connectivity index (χ0n) is 36.5. The van der Waals surface area contributed by atoms with Gasteiger partial charge in [0.25, 0.3) is 0 Å². The Kier molecular flexibility index (Phi) is 10.2. The zero-order chi connectivity index (χ0) is 44.5. The number of benzene rings is 9. The van der Waals surface area contributed by atoms with Crippen molar-refractivity contribution in [2.24, 2.45) is 0 Å². The van der Waals surface area contributed by atoms with E-state index in [0.29, 0.717) is 5.82 Å². The van der Waals surface area contributed by atoms with Gasteiger partial charge in [-0.1, -0.05) is 243 Å². The summed E-state index contributed by atoms with van der Waals surface area (Å²) in [6.07, 6.45) is 0. The highest BCUT2D eigenvalue weighted by molar-refractivity contribution is 6.15. The van der Waals surface area contributed by atoms with Crippen molar-refractivity contribution in [3.05, 3.63) is 255 Å². The fourth-order valence-corrected chi connectivity index (χ4v) is 9.41. The maximum atomic E-state index is 5.54. The van der Waals surface area contributed by atoms with Crippen molar-refractivity contribution in [1.82, 2.24) is 19.6 Å². The van der Waals surface area contributed by atoms with Crippen LogP contribution in [0.25, 0.3) is 117 Å². The summed E-state index contributed by atoms with van der Waals surface area (Å²) in [5.74, 6) is 0.696.